The monoisotopic (exact) mass is 248 g/mol. The molecule has 2 aliphatic heterocycles. The minimum atomic E-state index is 0.739. The van der Waals surface area contributed by atoms with Crippen molar-refractivity contribution >= 4 is 0 Å². The molecule has 0 radical (unpaired) electrons. The van der Waals surface area contributed by atoms with Gasteiger partial charge in [0.15, 0.2) is 0 Å². The fourth-order valence-corrected chi connectivity index (χ4v) is 3.48. The Balaban J connectivity index is 1.64. The normalized spacial score (nSPS) is 31.2. The van der Waals surface area contributed by atoms with Crippen LogP contribution in [0.2, 0.25) is 0 Å². The number of aryl methyl sites for hydroxylation is 1. The van der Waals surface area contributed by atoms with Gasteiger partial charge >= 0.3 is 0 Å². The van der Waals surface area contributed by atoms with Crippen LogP contribution in [0.3, 0.4) is 0 Å². The zero-order valence-corrected chi connectivity index (χ0v) is 11.7. The van der Waals surface area contributed by atoms with Crippen molar-refractivity contribution in [1.82, 2.24) is 20.0 Å². The second-order valence-corrected chi connectivity index (χ2v) is 6.06. The van der Waals surface area contributed by atoms with E-state index in [4.69, 9.17) is 0 Å². The van der Waals surface area contributed by atoms with Crippen LogP contribution in [0.25, 0.3) is 0 Å². The molecule has 2 aliphatic rings. The SMILES string of the molecule is Cc1c(CN(C)C2CC3CCC(C2)N3)cnn1C. The van der Waals surface area contributed by atoms with Gasteiger partial charge in [-0.1, -0.05) is 0 Å². The fourth-order valence-electron chi connectivity index (χ4n) is 3.48. The Hall–Kier alpha value is -0.870. The molecule has 1 aromatic rings. The molecule has 0 aromatic carbocycles. The molecule has 0 spiro atoms. The first-order valence-corrected chi connectivity index (χ1v) is 7.07. The van der Waals surface area contributed by atoms with Crippen molar-refractivity contribution in [2.45, 2.75) is 57.3 Å². The van der Waals surface area contributed by atoms with Gasteiger partial charge in [-0.3, -0.25) is 9.58 Å². The van der Waals surface area contributed by atoms with Crippen LogP contribution in [0.5, 0.6) is 0 Å². The van der Waals surface area contributed by atoms with E-state index in [1.165, 1.54) is 36.9 Å². The summed E-state index contributed by atoms with van der Waals surface area (Å²) in [7, 11) is 4.28. The number of fused-ring (bicyclic) bond motifs is 2. The molecule has 0 aliphatic carbocycles. The van der Waals surface area contributed by atoms with Crippen molar-refractivity contribution in [3.8, 4) is 0 Å². The zero-order chi connectivity index (χ0) is 12.7. The number of rotatable bonds is 3. The molecule has 2 fully saturated rings. The van der Waals surface area contributed by atoms with Crippen LogP contribution in [0.4, 0.5) is 0 Å². The van der Waals surface area contributed by atoms with E-state index in [-0.39, 0.29) is 0 Å². The van der Waals surface area contributed by atoms with E-state index in [9.17, 15) is 0 Å². The maximum absolute atomic E-state index is 4.33. The summed E-state index contributed by atoms with van der Waals surface area (Å²) in [5.74, 6) is 0. The molecule has 2 atom stereocenters. The van der Waals surface area contributed by atoms with Gasteiger partial charge < -0.3 is 5.32 Å². The molecule has 2 saturated heterocycles. The van der Waals surface area contributed by atoms with Crippen LogP contribution in [0, 0.1) is 6.92 Å². The molecule has 3 heterocycles. The van der Waals surface area contributed by atoms with Gasteiger partial charge in [-0.2, -0.15) is 5.10 Å². The first kappa shape index (κ1) is 12.2. The highest BCUT2D eigenvalue weighted by Gasteiger charge is 2.35. The average Bonchev–Trinajstić information content (AvgIpc) is 2.85. The average molecular weight is 248 g/mol. The number of hydrogen-bond donors (Lipinski definition) is 1. The van der Waals surface area contributed by atoms with Crippen LogP contribution >= 0.6 is 0 Å². The van der Waals surface area contributed by atoms with Crippen molar-refractivity contribution in [3.63, 3.8) is 0 Å². The van der Waals surface area contributed by atoms with Gasteiger partial charge in [-0.05, 0) is 39.7 Å². The minimum absolute atomic E-state index is 0.739. The second kappa shape index (κ2) is 4.67. The smallest absolute Gasteiger partial charge is 0.0537 e. The van der Waals surface area contributed by atoms with Crippen LogP contribution in [0.1, 0.15) is 36.9 Å². The number of nitrogens with one attached hydrogen (secondary N) is 1. The quantitative estimate of drug-likeness (QED) is 0.879. The van der Waals surface area contributed by atoms with Gasteiger partial charge in [-0.15, -0.1) is 0 Å². The lowest BCUT2D eigenvalue weighted by Crippen LogP contribution is -2.46. The van der Waals surface area contributed by atoms with Gasteiger partial charge in [-0.25, -0.2) is 0 Å². The third kappa shape index (κ3) is 2.19. The lowest BCUT2D eigenvalue weighted by atomic mass is 9.98. The molecule has 0 amide bonds. The molecular formula is C14H24N4. The molecule has 100 valence electrons. The topological polar surface area (TPSA) is 33.1 Å². The van der Waals surface area contributed by atoms with E-state index in [0.29, 0.717) is 0 Å². The molecule has 1 N–H and O–H groups in total. The van der Waals surface area contributed by atoms with Gasteiger partial charge in [0, 0.05) is 43.0 Å². The fraction of sp³-hybridized carbons (Fsp3) is 0.786. The summed E-state index contributed by atoms with van der Waals surface area (Å²) in [5, 5.41) is 8.05. The molecule has 18 heavy (non-hydrogen) atoms. The van der Waals surface area contributed by atoms with E-state index in [1.807, 2.05) is 17.9 Å². The summed E-state index contributed by atoms with van der Waals surface area (Å²) >= 11 is 0. The molecule has 1 aromatic heterocycles. The maximum atomic E-state index is 4.33. The van der Waals surface area contributed by atoms with E-state index in [1.54, 1.807) is 0 Å². The minimum Gasteiger partial charge on any atom is -0.311 e. The number of piperidine rings is 1. The summed E-state index contributed by atoms with van der Waals surface area (Å²) < 4.78 is 1.97. The van der Waals surface area contributed by atoms with Crippen LogP contribution in [-0.4, -0.2) is 39.9 Å². The third-order valence-electron chi connectivity index (χ3n) is 4.83. The Kier molecular flexibility index (Phi) is 3.16. The van der Waals surface area contributed by atoms with E-state index < -0.39 is 0 Å². The summed E-state index contributed by atoms with van der Waals surface area (Å²) in [5.41, 5.74) is 2.66. The first-order chi connectivity index (χ1) is 8.63. The van der Waals surface area contributed by atoms with Gasteiger partial charge in [0.25, 0.3) is 0 Å². The van der Waals surface area contributed by atoms with E-state index >= 15 is 0 Å². The molecular weight excluding hydrogens is 224 g/mol. The summed E-state index contributed by atoms with van der Waals surface area (Å²) in [6.07, 6.45) is 7.39. The van der Waals surface area contributed by atoms with Gasteiger partial charge in [0.05, 0.1) is 6.20 Å². The number of nitrogens with zero attached hydrogens (tertiary/aromatic N) is 3. The lowest BCUT2D eigenvalue weighted by molar-refractivity contribution is 0.165. The van der Waals surface area contributed by atoms with E-state index in [0.717, 1.165) is 24.7 Å². The predicted octanol–water partition coefficient (Wildman–Crippen LogP) is 1.44. The Morgan fingerprint density at radius 1 is 1.39 bits per heavy atom. The van der Waals surface area contributed by atoms with Gasteiger partial charge in [0.2, 0.25) is 0 Å². The summed E-state index contributed by atoms with van der Waals surface area (Å²) in [6.45, 7) is 3.19. The van der Waals surface area contributed by atoms with Crippen molar-refractivity contribution in [2.24, 2.45) is 7.05 Å². The second-order valence-electron chi connectivity index (χ2n) is 6.06. The molecule has 0 saturated carbocycles. The molecule has 2 unspecified atom stereocenters. The highest BCUT2D eigenvalue weighted by atomic mass is 15.3. The van der Waals surface area contributed by atoms with Crippen LogP contribution < -0.4 is 5.32 Å². The summed E-state index contributed by atoms with van der Waals surface area (Å²) in [4.78, 5) is 2.52. The summed E-state index contributed by atoms with van der Waals surface area (Å²) in [6, 6.07) is 2.28. The van der Waals surface area contributed by atoms with Crippen LogP contribution in [0.15, 0.2) is 6.20 Å². The zero-order valence-electron chi connectivity index (χ0n) is 11.7. The lowest BCUT2D eigenvalue weighted by Gasteiger charge is -2.35. The number of hydrogen-bond acceptors (Lipinski definition) is 3. The van der Waals surface area contributed by atoms with Crippen molar-refractivity contribution < 1.29 is 0 Å². The van der Waals surface area contributed by atoms with Crippen molar-refractivity contribution in [1.29, 1.82) is 0 Å². The Morgan fingerprint density at radius 2 is 2.06 bits per heavy atom. The first-order valence-electron chi connectivity index (χ1n) is 7.07. The molecule has 4 heteroatoms. The standard InChI is InChI=1S/C14H24N4/c1-10-11(8-15-18(10)3)9-17(2)14-6-12-4-5-13(7-14)16-12/h8,12-14,16H,4-7,9H2,1-3H3. The highest BCUT2D eigenvalue weighted by Crippen LogP contribution is 2.29. The highest BCUT2D eigenvalue weighted by molar-refractivity contribution is 5.15. The third-order valence-corrected chi connectivity index (χ3v) is 4.83. The molecule has 4 nitrogen and oxygen atoms in total. The van der Waals surface area contributed by atoms with E-state index in [2.05, 4.69) is 29.3 Å². The maximum Gasteiger partial charge on any atom is 0.0537 e. The Bertz CT molecular complexity index is 413. The molecule has 2 bridgehead atoms. The van der Waals surface area contributed by atoms with Gasteiger partial charge in [0.1, 0.15) is 0 Å². The van der Waals surface area contributed by atoms with Crippen molar-refractivity contribution in [2.75, 3.05) is 7.05 Å². The largest absolute Gasteiger partial charge is 0.311 e. The number of aromatic nitrogens is 2. The Labute approximate surface area is 109 Å². The Morgan fingerprint density at radius 3 is 2.61 bits per heavy atom. The van der Waals surface area contributed by atoms with Crippen LogP contribution in [-0.2, 0) is 13.6 Å². The predicted molar refractivity (Wildman–Crippen MR) is 72.4 cm³/mol. The van der Waals surface area contributed by atoms with Crippen molar-refractivity contribution in [3.05, 3.63) is 17.5 Å². The molecule has 3 rings (SSSR count).